The molecule has 2 rings (SSSR count). The van der Waals surface area contributed by atoms with E-state index in [1.54, 1.807) is 11.3 Å². The molecule has 0 amide bonds. The zero-order valence-corrected chi connectivity index (χ0v) is 11.0. The molecule has 1 aromatic rings. The smallest absolute Gasteiger partial charge is 0.177 e. The van der Waals surface area contributed by atoms with Gasteiger partial charge in [-0.05, 0) is 43.3 Å². The van der Waals surface area contributed by atoms with Crippen molar-refractivity contribution in [2.75, 3.05) is 26.2 Å². The van der Waals surface area contributed by atoms with Crippen molar-refractivity contribution in [3.63, 3.8) is 0 Å². The zero-order valence-electron chi connectivity index (χ0n) is 10.2. The van der Waals surface area contributed by atoms with Crippen molar-refractivity contribution in [3.05, 3.63) is 21.9 Å². The third-order valence-corrected chi connectivity index (χ3v) is 4.41. The number of carbonyl (C=O) groups is 1. The first kappa shape index (κ1) is 12.7. The summed E-state index contributed by atoms with van der Waals surface area (Å²) in [4.78, 5) is 15.5. The van der Waals surface area contributed by atoms with Crippen molar-refractivity contribution in [3.8, 4) is 0 Å². The van der Waals surface area contributed by atoms with Crippen LogP contribution >= 0.6 is 11.3 Å². The molecular weight excluding hydrogens is 234 g/mol. The maximum Gasteiger partial charge on any atom is 0.177 e. The summed E-state index contributed by atoms with van der Waals surface area (Å²) in [7, 11) is 0. The molecule has 0 spiro atoms. The second-order valence-corrected chi connectivity index (χ2v) is 5.58. The van der Waals surface area contributed by atoms with Gasteiger partial charge in [-0.25, -0.2) is 0 Å². The number of aryl methyl sites for hydroxylation is 1. The van der Waals surface area contributed by atoms with Crippen LogP contribution in [-0.2, 0) is 0 Å². The van der Waals surface area contributed by atoms with E-state index in [1.807, 2.05) is 18.4 Å². The normalized spacial score (nSPS) is 21.6. The lowest BCUT2D eigenvalue weighted by atomic mass is 9.92. The third kappa shape index (κ3) is 2.94. The minimum Gasteiger partial charge on any atom is -0.395 e. The Hall–Kier alpha value is -0.710. The summed E-state index contributed by atoms with van der Waals surface area (Å²) in [5.41, 5.74) is 1.10. The number of β-amino-alcohol motifs (C(OH)–C–C–N with tert-alkyl or cyclic N) is 1. The van der Waals surface area contributed by atoms with Crippen molar-refractivity contribution in [1.82, 2.24) is 4.90 Å². The quantitative estimate of drug-likeness (QED) is 0.834. The Balaban J connectivity index is 2.02. The standard InChI is InChI=1S/C13H19NO2S/c1-10-4-8-17-13(10)12(16)11-3-2-5-14(9-11)6-7-15/h4,8,11,15H,2-3,5-7,9H2,1H3/t11-/m0/s1. The molecule has 2 heterocycles. The minimum atomic E-state index is 0.118. The molecule has 1 atom stereocenters. The highest BCUT2D eigenvalue weighted by atomic mass is 32.1. The maximum absolute atomic E-state index is 12.4. The molecule has 0 aliphatic carbocycles. The number of aliphatic hydroxyl groups excluding tert-OH is 1. The Morgan fingerprint density at radius 1 is 1.65 bits per heavy atom. The molecule has 0 radical (unpaired) electrons. The van der Waals surface area contributed by atoms with Gasteiger partial charge in [0.15, 0.2) is 5.78 Å². The molecule has 1 N–H and O–H groups in total. The van der Waals surface area contributed by atoms with E-state index in [0.717, 1.165) is 36.4 Å². The monoisotopic (exact) mass is 253 g/mol. The van der Waals surface area contributed by atoms with Crippen molar-refractivity contribution < 1.29 is 9.90 Å². The molecule has 1 aliphatic rings. The number of thiophene rings is 1. The fourth-order valence-corrected chi connectivity index (χ4v) is 3.37. The molecule has 0 unspecified atom stereocenters. The van der Waals surface area contributed by atoms with Crippen LogP contribution in [0.5, 0.6) is 0 Å². The lowest BCUT2D eigenvalue weighted by Crippen LogP contribution is -2.40. The van der Waals surface area contributed by atoms with Gasteiger partial charge >= 0.3 is 0 Å². The Labute approximate surface area is 106 Å². The van der Waals surface area contributed by atoms with Gasteiger partial charge in [0.1, 0.15) is 0 Å². The molecule has 1 aromatic heterocycles. The molecule has 0 bridgehead atoms. The Morgan fingerprint density at radius 3 is 3.12 bits per heavy atom. The van der Waals surface area contributed by atoms with Crippen LogP contribution in [0.1, 0.15) is 28.1 Å². The fourth-order valence-electron chi connectivity index (χ4n) is 2.42. The molecule has 17 heavy (non-hydrogen) atoms. The van der Waals surface area contributed by atoms with Gasteiger partial charge < -0.3 is 10.0 Å². The topological polar surface area (TPSA) is 40.5 Å². The number of hydrogen-bond acceptors (Lipinski definition) is 4. The number of carbonyl (C=O) groups excluding carboxylic acids is 1. The average Bonchev–Trinajstić information content (AvgIpc) is 2.75. The Kier molecular flexibility index (Phi) is 4.31. The van der Waals surface area contributed by atoms with Gasteiger partial charge in [0, 0.05) is 19.0 Å². The van der Waals surface area contributed by atoms with Gasteiger partial charge in [0.2, 0.25) is 0 Å². The lowest BCUT2D eigenvalue weighted by Gasteiger charge is -2.31. The number of hydrogen-bond donors (Lipinski definition) is 1. The van der Waals surface area contributed by atoms with E-state index in [1.165, 1.54) is 0 Å². The van der Waals surface area contributed by atoms with E-state index in [-0.39, 0.29) is 12.5 Å². The highest BCUT2D eigenvalue weighted by Gasteiger charge is 2.27. The van der Waals surface area contributed by atoms with Gasteiger partial charge in [0.05, 0.1) is 11.5 Å². The summed E-state index contributed by atoms with van der Waals surface area (Å²) in [6, 6.07) is 2.01. The van der Waals surface area contributed by atoms with Crippen LogP contribution in [0.25, 0.3) is 0 Å². The first-order chi connectivity index (χ1) is 8.22. The first-order valence-corrected chi connectivity index (χ1v) is 7.02. The summed E-state index contributed by atoms with van der Waals surface area (Å²) in [5.74, 6) is 0.410. The summed E-state index contributed by atoms with van der Waals surface area (Å²) in [6.45, 7) is 4.68. The number of Topliss-reactive ketones (excluding diaryl/α,β-unsaturated/α-hetero) is 1. The molecule has 0 saturated carbocycles. The summed E-state index contributed by atoms with van der Waals surface area (Å²) >= 11 is 1.55. The highest BCUT2D eigenvalue weighted by Crippen LogP contribution is 2.25. The zero-order chi connectivity index (χ0) is 12.3. The number of nitrogens with zero attached hydrogens (tertiary/aromatic N) is 1. The number of piperidine rings is 1. The van der Waals surface area contributed by atoms with Gasteiger partial charge in [0.25, 0.3) is 0 Å². The van der Waals surface area contributed by atoms with Crippen molar-refractivity contribution >= 4 is 17.1 Å². The Bertz CT molecular complexity index is 387. The molecule has 4 heteroatoms. The van der Waals surface area contributed by atoms with E-state index >= 15 is 0 Å². The van der Waals surface area contributed by atoms with E-state index in [0.29, 0.717) is 12.3 Å². The molecule has 1 aliphatic heterocycles. The molecular formula is C13H19NO2S. The number of rotatable bonds is 4. The predicted octanol–water partition coefficient (Wildman–Crippen LogP) is 1.94. The highest BCUT2D eigenvalue weighted by molar-refractivity contribution is 7.12. The van der Waals surface area contributed by atoms with Crippen LogP contribution in [0.2, 0.25) is 0 Å². The van der Waals surface area contributed by atoms with Gasteiger partial charge in [-0.1, -0.05) is 0 Å². The fraction of sp³-hybridized carbons (Fsp3) is 0.615. The van der Waals surface area contributed by atoms with Gasteiger partial charge in [-0.15, -0.1) is 11.3 Å². The van der Waals surface area contributed by atoms with Crippen LogP contribution < -0.4 is 0 Å². The van der Waals surface area contributed by atoms with E-state index < -0.39 is 0 Å². The second-order valence-electron chi connectivity index (χ2n) is 4.66. The predicted molar refractivity (Wildman–Crippen MR) is 69.6 cm³/mol. The van der Waals surface area contributed by atoms with Crippen LogP contribution in [-0.4, -0.2) is 42.0 Å². The minimum absolute atomic E-state index is 0.118. The van der Waals surface area contributed by atoms with Crippen LogP contribution in [0.3, 0.4) is 0 Å². The number of ketones is 1. The van der Waals surface area contributed by atoms with Crippen LogP contribution in [0.4, 0.5) is 0 Å². The third-order valence-electron chi connectivity index (χ3n) is 3.38. The molecule has 1 fully saturated rings. The van der Waals surface area contributed by atoms with Gasteiger partial charge in [-0.2, -0.15) is 0 Å². The summed E-state index contributed by atoms with van der Waals surface area (Å²) in [5, 5.41) is 10.9. The maximum atomic E-state index is 12.4. The SMILES string of the molecule is Cc1ccsc1C(=O)[C@H]1CCCN(CCO)C1. The first-order valence-electron chi connectivity index (χ1n) is 6.14. The molecule has 0 aromatic carbocycles. The van der Waals surface area contributed by atoms with E-state index in [9.17, 15) is 4.79 Å². The van der Waals surface area contributed by atoms with Crippen LogP contribution in [0, 0.1) is 12.8 Å². The second kappa shape index (κ2) is 5.76. The summed E-state index contributed by atoms with van der Waals surface area (Å²) in [6.07, 6.45) is 2.04. The number of aliphatic hydroxyl groups is 1. The van der Waals surface area contributed by atoms with E-state index in [4.69, 9.17) is 5.11 Å². The molecule has 94 valence electrons. The van der Waals surface area contributed by atoms with Crippen molar-refractivity contribution in [2.45, 2.75) is 19.8 Å². The number of likely N-dealkylation sites (tertiary alicyclic amines) is 1. The van der Waals surface area contributed by atoms with Crippen LogP contribution in [0.15, 0.2) is 11.4 Å². The summed E-state index contributed by atoms with van der Waals surface area (Å²) < 4.78 is 0. The lowest BCUT2D eigenvalue weighted by molar-refractivity contribution is 0.0797. The largest absolute Gasteiger partial charge is 0.395 e. The molecule has 3 nitrogen and oxygen atoms in total. The van der Waals surface area contributed by atoms with Crippen molar-refractivity contribution in [2.24, 2.45) is 5.92 Å². The van der Waals surface area contributed by atoms with E-state index in [2.05, 4.69) is 4.90 Å². The van der Waals surface area contributed by atoms with Gasteiger partial charge in [-0.3, -0.25) is 4.79 Å². The molecule has 1 saturated heterocycles. The Morgan fingerprint density at radius 2 is 2.47 bits per heavy atom. The van der Waals surface area contributed by atoms with Crippen molar-refractivity contribution in [1.29, 1.82) is 0 Å². The average molecular weight is 253 g/mol.